The molecule has 3 aromatic rings. The van der Waals surface area contributed by atoms with Crippen LogP contribution in [0.1, 0.15) is 34.1 Å². The lowest BCUT2D eigenvalue weighted by Crippen LogP contribution is -2.25. The van der Waals surface area contributed by atoms with Crippen molar-refractivity contribution in [3.63, 3.8) is 0 Å². The molecule has 0 spiro atoms. The molecule has 2 aromatic heterocycles. The number of ether oxygens (including phenoxy) is 1. The van der Waals surface area contributed by atoms with Crippen molar-refractivity contribution in [2.45, 2.75) is 32.9 Å². The van der Waals surface area contributed by atoms with Gasteiger partial charge >= 0.3 is 0 Å². The van der Waals surface area contributed by atoms with Gasteiger partial charge in [-0.05, 0) is 30.2 Å². The summed E-state index contributed by atoms with van der Waals surface area (Å²) in [6.45, 7) is 1.95. The van der Waals surface area contributed by atoms with Gasteiger partial charge in [-0.25, -0.2) is 18.2 Å². The third kappa shape index (κ3) is 4.26. The Bertz CT molecular complexity index is 1150. The molecule has 31 heavy (non-hydrogen) atoms. The molecule has 1 aliphatic heterocycles. The molecule has 9 heteroatoms. The molecule has 0 fully saturated rings. The van der Waals surface area contributed by atoms with Gasteiger partial charge in [0.15, 0.2) is 6.61 Å². The van der Waals surface area contributed by atoms with E-state index in [4.69, 9.17) is 4.74 Å². The molecule has 162 valence electrons. The van der Waals surface area contributed by atoms with Gasteiger partial charge in [0.2, 0.25) is 5.88 Å². The van der Waals surface area contributed by atoms with E-state index in [1.54, 1.807) is 29.9 Å². The highest BCUT2D eigenvalue weighted by Crippen LogP contribution is 2.32. The summed E-state index contributed by atoms with van der Waals surface area (Å²) in [6, 6.07) is 6.48. The lowest BCUT2D eigenvalue weighted by atomic mass is 10.0. The minimum Gasteiger partial charge on any atom is -0.471 e. The normalized spacial score (nSPS) is 13.6. The zero-order chi connectivity index (χ0) is 22.3. The molecule has 1 aromatic carbocycles. The first kappa shape index (κ1) is 20.9. The van der Waals surface area contributed by atoms with Crippen LogP contribution in [0.2, 0.25) is 0 Å². The second-order valence-corrected chi connectivity index (χ2v) is 7.78. The number of pyridine rings is 1. The van der Waals surface area contributed by atoms with E-state index in [1.807, 2.05) is 13.1 Å². The van der Waals surface area contributed by atoms with Crippen LogP contribution in [-0.2, 0) is 20.1 Å². The number of nitrogens with zero attached hydrogens (tertiary/aromatic N) is 4. The molecule has 0 saturated heterocycles. The molecular weight excluding hydrogens is 409 g/mol. The Hall–Kier alpha value is -3.36. The predicted molar refractivity (Wildman–Crippen MR) is 107 cm³/mol. The molecule has 1 amide bonds. The maximum Gasteiger partial charge on any atom is 0.278 e. The van der Waals surface area contributed by atoms with Crippen molar-refractivity contribution in [1.29, 1.82) is 0 Å². The van der Waals surface area contributed by atoms with E-state index in [1.165, 1.54) is 17.2 Å². The van der Waals surface area contributed by atoms with Gasteiger partial charge in [0.05, 0.1) is 5.69 Å². The number of halogens is 3. The fraction of sp³-hybridized carbons (Fsp3) is 0.318. The number of fused-ring (bicyclic) bond motifs is 1. The molecular formula is C22H21F3N4O2. The maximum absolute atomic E-state index is 14.8. The van der Waals surface area contributed by atoms with Crippen LogP contribution in [-0.4, -0.2) is 38.1 Å². The van der Waals surface area contributed by atoms with Gasteiger partial charge in [-0.3, -0.25) is 9.48 Å². The van der Waals surface area contributed by atoms with E-state index < -0.39 is 24.3 Å². The Morgan fingerprint density at radius 1 is 1.26 bits per heavy atom. The minimum atomic E-state index is -3.05. The number of amides is 1. The molecule has 0 bridgehead atoms. The number of benzene rings is 1. The van der Waals surface area contributed by atoms with Gasteiger partial charge in [0.1, 0.15) is 11.4 Å². The summed E-state index contributed by atoms with van der Waals surface area (Å²) in [7, 11) is 1.80. The van der Waals surface area contributed by atoms with E-state index in [-0.39, 0.29) is 24.5 Å². The number of aryl methyl sites for hydroxylation is 2. The zero-order valence-electron chi connectivity index (χ0n) is 17.3. The molecule has 0 N–H and O–H groups in total. The maximum atomic E-state index is 14.8. The van der Waals surface area contributed by atoms with E-state index in [0.29, 0.717) is 16.7 Å². The Kier molecular flexibility index (Phi) is 5.20. The van der Waals surface area contributed by atoms with Gasteiger partial charge in [-0.15, -0.1) is 0 Å². The highest BCUT2D eigenvalue weighted by Gasteiger charge is 2.33. The minimum absolute atomic E-state index is 0.0367. The van der Waals surface area contributed by atoms with Crippen molar-refractivity contribution < 1.29 is 22.7 Å². The highest BCUT2D eigenvalue weighted by molar-refractivity contribution is 6.00. The number of carbonyl (C=O) groups excluding carboxylic acids is 1. The molecule has 3 heterocycles. The summed E-state index contributed by atoms with van der Waals surface area (Å²) in [5, 5.41) is 4.27. The first-order valence-corrected chi connectivity index (χ1v) is 9.69. The van der Waals surface area contributed by atoms with E-state index in [9.17, 15) is 18.0 Å². The molecule has 1 aliphatic rings. The van der Waals surface area contributed by atoms with Crippen molar-refractivity contribution in [2.75, 3.05) is 6.61 Å². The Morgan fingerprint density at radius 3 is 2.68 bits per heavy atom. The SMILES string of the molecule is Cc1nn(C)cc1-c1ccc(CN2Cc3ccnc(OCC(C)(F)F)c3C2=O)c(F)c1. The van der Waals surface area contributed by atoms with Crippen LogP contribution < -0.4 is 4.74 Å². The second-order valence-electron chi connectivity index (χ2n) is 7.78. The largest absolute Gasteiger partial charge is 0.471 e. The van der Waals surface area contributed by atoms with Crippen molar-refractivity contribution in [1.82, 2.24) is 19.7 Å². The third-order valence-corrected chi connectivity index (χ3v) is 5.07. The predicted octanol–water partition coefficient (Wildman–Crippen LogP) is 4.12. The summed E-state index contributed by atoms with van der Waals surface area (Å²) in [6.07, 6.45) is 3.23. The molecule has 6 nitrogen and oxygen atoms in total. The van der Waals surface area contributed by atoms with E-state index in [2.05, 4.69) is 10.1 Å². The number of hydrogen-bond donors (Lipinski definition) is 0. The van der Waals surface area contributed by atoms with Gasteiger partial charge in [-0.2, -0.15) is 5.10 Å². The van der Waals surface area contributed by atoms with Crippen LogP contribution in [0.4, 0.5) is 13.2 Å². The van der Waals surface area contributed by atoms with E-state index >= 15 is 0 Å². The number of alkyl halides is 2. The van der Waals surface area contributed by atoms with Crippen LogP contribution in [0.3, 0.4) is 0 Å². The third-order valence-electron chi connectivity index (χ3n) is 5.07. The summed E-state index contributed by atoms with van der Waals surface area (Å²) in [5.74, 6) is -4.05. The van der Waals surface area contributed by atoms with Crippen LogP contribution in [0.25, 0.3) is 11.1 Å². The number of rotatable bonds is 6. The number of hydrogen-bond acceptors (Lipinski definition) is 4. The van der Waals surface area contributed by atoms with Crippen LogP contribution in [0.5, 0.6) is 5.88 Å². The smallest absolute Gasteiger partial charge is 0.278 e. The fourth-order valence-corrected chi connectivity index (χ4v) is 3.64. The van der Waals surface area contributed by atoms with Crippen LogP contribution >= 0.6 is 0 Å². The molecule has 0 radical (unpaired) electrons. The monoisotopic (exact) mass is 430 g/mol. The second kappa shape index (κ2) is 7.72. The topological polar surface area (TPSA) is 60.3 Å². The first-order valence-electron chi connectivity index (χ1n) is 9.69. The summed E-state index contributed by atoms with van der Waals surface area (Å²) >= 11 is 0. The molecule has 0 atom stereocenters. The van der Waals surface area contributed by atoms with Gasteiger partial charge in [0.25, 0.3) is 11.8 Å². The van der Waals surface area contributed by atoms with Gasteiger partial charge < -0.3 is 9.64 Å². The van der Waals surface area contributed by atoms with E-state index in [0.717, 1.165) is 18.2 Å². The van der Waals surface area contributed by atoms with Gasteiger partial charge in [0, 0.05) is 50.6 Å². The Labute approximate surface area is 177 Å². The number of aromatic nitrogens is 3. The average molecular weight is 430 g/mol. The summed E-state index contributed by atoms with van der Waals surface area (Å²) in [5.41, 5.74) is 3.42. The lowest BCUT2D eigenvalue weighted by Gasteiger charge is -2.17. The summed E-state index contributed by atoms with van der Waals surface area (Å²) in [4.78, 5) is 18.3. The van der Waals surface area contributed by atoms with Crippen LogP contribution in [0.15, 0.2) is 36.7 Å². The molecule has 0 aliphatic carbocycles. The summed E-state index contributed by atoms with van der Waals surface area (Å²) < 4.78 is 47.9. The van der Waals surface area contributed by atoms with Gasteiger partial charge in [-0.1, -0.05) is 12.1 Å². The Morgan fingerprint density at radius 2 is 2.03 bits per heavy atom. The average Bonchev–Trinajstić information content (AvgIpc) is 3.20. The quantitative estimate of drug-likeness (QED) is 0.590. The zero-order valence-corrected chi connectivity index (χ0v) is 17.3. The molecule has 4 rings (SSSR count). The van der Waals surface area contributed by atoms with Crippen molar-refractivity contribution in [3.8, 4) is 17.0 Å². The lowest BCUT2D eigenvalue weighted by molar-refractivity contribution is -0.0245. The Balaban J connectivity index is 1.54. The first-order chi connectivity index (χ1) is 14.6. The molecule has 0 unspecified atom stereocenters. The molecule has 0 saturated carbocycles. The highest BCUT2D eigenvalue weighted by atomic mass is 19.3. The van der Waals surface area contributed by atoms with Crippen molar-refractivity contribution in [3.05, 3.63) is 64.9 Å². The van der Waals surface area contributed by atoms with Crippen LogP contribution in [0, 0.1) is 12.7 Å². The van der Waals surface area contributed by atoms with Crippen molar-refractivity contribution >= 4 is 5.91 Å². The standard InChI is InChI=1S/C22H21F3N4O2/c1-13-17(11-28(3)27-13)14-4-5-15(18(23)8-14)9-29-10-16-6-7-26-20(19(16)21(29)30)31-12-22(2,24)25/h4-8,11H,9-10,12H2,1-3H3. The fourth-order valence-electron chi connectivity index (χ4n) is 3.64. The van der Waals surface area contributed by atoms with Crippen molar-refractivity contribution in [2.24, 2.45) is 7.05 Å². The number of carbonyl (C=O) groups is 1.